The van der Waals surface area contributed by atoms with Gasteiger partial charge in [0.2, 0.25) is 70.9 Å². The van der Waals surface area contributed by atoms with E-state index in [0.29, 0.717) is 44.4 Å². The topological polar surface area (TPSA) is 279 Å². The molecule has 4 aliphatic carbocycles. The Hall–Kier alpha value is -6.38. The molecule has 8 rings (SSSR count). The zero-order valence-electron chi connectivity index (χ0n) is 66.0. The van der Waals surface area contributed by atoms with E-state index in [1.807, 2.05) is 53.7 Å². The molecule has 3 N–H and O–H groups in total. The number of rotatable bonds is 13. The molecule has 8 aliphatic rings. The van der Waals surface area contributed by atoms with Gasteiger partial charge in [-0.15, -0.1) is 11.8 Å². The third-order valence-electron chi connectivity index (χ3n) is 25.0. The fourth-order valence-electron chi connectivity index (χ4n) is 18.5. The van der Waals surface area contributed by atoms with E-state index in [-0.39, 0.29) is 99.5 Å². The lowest BCUT2D eigenvalue weighted by Crippen LogP contribution is -2.71. The predicted molar refractivity (Wildman–Crippen MR) is 400 cm³/mol. The van der Waals surface area contributed by atoms with E-state index in [4.69, 9.17) is 4.74 Å². The first kappa shape index (κ1) is 84.2. The first-order valence-electron chi connectivity index (χ1n) is 39.4. The van der Waals surface area contributed by atoms with Gasteiger partial charge in [0.1, 0.15) is 59.4 Å². The Labute approximate surface area is 628 Å². The van der Waals surface area contributed by atoms with Gasteiger partial charge in [0, 0.05) is 93.7 Å². The highest BCUT2D eigenvalue weighted by Gasteiger charge is 2.59. The van der Waals surface area contributed by atoms with Gasteiger partial charge in [-0.3, -0.25) is 57.5 Å². The van der Waals surface area contributed by atoms with Crippen LogP contribution in [0.25, 0.3) is 0 Å². The van der Waals surface area contributed by atoms with E-state index in [9.17, 15) is 24.0 Å². The second kappa shape index (κ2) is 36.7. The summed E-state index contributed by atoms with van der Waals surface area (Å²) in [5, 5.41) is 9.32. The average Bonchev–Trinajstić information content (AvgIpc) is 1.36. The molecule has 15 atom stereocenters. The van der Waals surface area contributed by atoms with Gasteiger partial charge < -0.3 is 64.8 Å². The van der Waals surface area contributed by atoms with Gasteiger partial charge >= 0.3 is 0 Å². The minimum atomic E-state index is -1.58. The van der Waals surface area contributed by atoms with Crippen LogP contribution in [0, 0.1) is 46.8 Å². The molecule has 3 saturated heterocycles. The van der Waals surface area contributed by atoms with Gasteiger partial charge in [-0.05, 0) is 131 Å². The fourth-order valence-corrected chi connectivity index (χ4v) is 20.1. The molecule has 4 heterocycles. The van der Waals surface area contributed by atoms with Crippen molar-refractivity contribution >= 4 is 82.6 Å². The number of alkyl halides is 1. The van der Waals surface area contributed by atoms with Crippen molar-refractivity contribution in [2.24, 2.45) is 46.8 Å². The van der Waals surface area contributed by atoms with E-state index < -0.39 is 167 Å². The minimum absolute atomic E-state index is 0.0279. The molecule has 0 aromatic carbocycles. The maximum Gasteiger partial charge on any atom is 0.248 e. The zero-order chi connectivity index (χ0) is 77.3. The molecule has 2 bridgehead atoms. The first-order chi connectivity index (χ1) is 49.6. The van der Waals surface area contributed by atoms with Crippen LogP contribution in [-0.4, -0.2) is 275 Å². The van der Waals surface area contributed by atoms with E-state index in [2.05, 4.69) is 22.9 Å². The van der Waals surface area contributed by atoms with Gasteiger partial charge in [0.25, 0.3) is 0 Å². The molecule has 4 aliphatic heterocycles. The number of nitrogens with zero attached hydrogens (tertiary/aromatic N) is 9. The number of carbonyl (C=O) groups is 12. The third-order valence-corrected chi connectivity index (χ3v) is 26.6. The SMILES string of the molecule is CCC[C@H]1C(=O)N[C@@H]([C@@H](C)CC)C(=O)N(C)CC(=O)N(C)[C@H]2C/C=C\CCN(C2=O)[C@@H](CC2CCC(C)CC2)C(=O)N(C)CC(=O)N[C@@H](CCC2CCC3SC(F)C(C)C3C2)C(=O)N2C[C@H](OCC)C[C@H]2C(=O)NC2(CC(C)(C)C2)C(=O)N(C)[C@@H](C2CCCC2)C(=O)N(C)[C@H](C(=O)N(C)C)CC(=O)N1C. The van der Waals surface area contributed by atoms with Crippen LogP contribution < -0.4 is 16.0 Å². The highest BCUT2D eigenvalue weighted by molar-refractivity contribution is 8.00. The lowest BCUT2D eigenvalue weighted by Gasteiger charge is -2.54. The molecule has 0 radical (unpaired) electrons. The van der Waals surface area contributed by atoms with Crippen molar-refractivity contribution in [3.8, 4) is 0 Å². The summed E-state index contributed by atoms with van der Waals surface area (Å²) in [6.45, 7) is 14.7. The summed E-state index contributed by atoms with van der Waals surface area (Å²) in [5.41, 5.74) is -3.02. The zero-order valence-corrected chi connectivity index (χ0v) is 66.8. The van der Waals surface area contributed by atoms with Crippen LogP contribution in [-0.2, 0) is 62.3 Å². The van der Waals surface area contributed by atoms with Crippen molar-refractivity contribution in [3.05, 3.63) is 12.2 Å². The number of ether oxygens (including phenoxy) is 1. The highest BCUT2D eigenvalue weighted by atomic mass is 32.2. The molecule has 4 saturated carbocycles. The third kappa shape index (κ3) is 19.9. The normalized spacial score (nSPS) is 33.9. The molecule has 0 aromatic heterocycles. The van der Waals surface area contributed by atoms with Crippen LogP contribution in [0.1, 0.15) is 203 Å². The number of fused-ring (bicyclic) bond motifs is 4. The first-order valence-corrected chi connectivity index (χ1v) is 40.4. The highest BCUT2D eigenvalue weighted by Crippen LogP contribution is 2.53. The smallest absolute Gasteiger partial charge is 0.248 e. The molecule has 7 fully saturated rings. The van der Waals surface area contributed by atoms with Crippen molar-refractivity contribution in [2.45, 2.75) is 274 Å². The number of thioether (sulfide) groups is 1. The molecule has 0 aromatic rings. The number of hydrogen-bond acceptors (Lipinski definition) is 14. The van der Waals surface area contributed by atoms with Crippen LogP contribution in [0.5, 0.6) is 0 Å². The summed E-state index contributed by atoms with van der Waals surface area (Å²) < 4.78 is 21.4. The van der Waals surface area contributed by atoms with E-state index in [1.165, 1.54) is 107 Å². The number of nitrogens with one attached hydrogen (secondary N) is 3. The maximum absolute atomic E-state index is 15.8. The summed E-state index contributed by atoms with van der Waals surface area (Å²) in [6.07, 6.45) is 13.8. The number of carbonyl (C=O) groups excluding carboxylic acids is 12. The van der Waals surface area contributed by atoms with Gasteiger partial charge in [-0.1, -0.05) is 112 Å². The summed E-state index contributed by atoms with van der Waals surface area (Å²) in [6, 6.07) is -9.52. The molecule has 25 nitrogen and oxygen atoms in total. The monoisotopic (exact) mass is 1490 g/mol. The van der Waals surface area contributed by atoms with E-state index >= 15 is 38.0 Å². The molecule has 12 amide bonds. The second-order valence-corrected chi connectivity index (χ2v) is 35.0. The Balaban J connectivity index is 1.20. The van der Waals surface area contributed by atoms with Crippen molar-refractivity contribution in [1.29, 1.82) is 0 Å². The van der Waals surface area contributed by atoms with Crippen molar-refractivity contribution in [3.63, 3.8) is 0 Å². The molecular weight excluding hydrogens is 1360 g/mol. The average molecular weight is 1490 g/mol. The summed E-state index contributed by atoms with van der Waals surface area (Å²) in [4.78, 5) is 195. The Kier molecular flexibility index (Phi) is 29.4. The van der Waals surface area contributed by atoms with Crippen LogP contribution in [0.15, 0.2) is 12.2 Å². The summed E-state index contributed by atoms with van der Waals surface area (Å²) in [5.74, 6) is -7.31. The molecule has 5 unspecified atom stereocenters. The van der Waals surface area contributed by atoms with Crippen LogP contribution >= 0.6 is 11.8 Å². The second-order valence-electron chi connectivity index (χ2n) is 33.6. The quantitative estimate of drug-likeness (QED) is 0.168. The lowest BCUT2D eigenvalue weighted by molar-refractivity contribution is -0.161. The van der Waals surface area contributed by atoms with Gasteiger partial charge in [-0.25, -0.2) is 4.39 Å². The largest absolute Gasteiger partial charge is 0.377 e. The van der Waals surface area contributed by atoms with Crippen molar-refractivity contribution in [2.75, 3.05) is 89.2 Å². The van der Waals surface area contributed by atoms with Crippen molar-refractivity contribution < 1.29 is 66.7 Å². The lowest BCUT2D eigenvalue weighted by atomic mass is 9.58. The number of likely N-dealkylation sites (N-methyl/N-ethyl adjacent to an activating group) is 7. The summed E-state index contributed by atoms with van der Waals surface area (Å²) in [7, 11) is 11.9. The molecular formula is C78H127FN12O13S. The number of halogens is 1. The van der Waals surface area contributed by atoms with Crippen molar-refractivity contribution in [1.82, 2.24) is 60.0 Å². The Bertz CT molecular complexity index is 3150. The number of hydrogen-bond donors (Lipinski definition) is 3. The number of amides is 12. The Morgan fingerprint density at radius 3 is 1.97 bits per heavy atom. The molecule has 590 valence electrons. The summed E-state index contributed by atoms with van der Waals surface area (Å²) >= 11 is 1.40. The van der Waals surface area contributed by atoms with Gasteiger partial charge in [-0.2, -0.15) is 0 Å². The fraction of sp³-hybridized carbons (Fsp3) is 0.821. The van der Waals surface area contributed by atoms with Crippen LogP contribution in [0.3, 0.4) is 0 Å². The Morgan fingerprint density at radius 2 is 1.34 bits per heavy atom. The van der Waals surface area contributed by atoms with E-state index in [0.717, 1.165) is 57.8 Å². The van der Waals surface area contributed by atoms with Crippen LogP contribution in [0.4, 0.5) is 4.39 Å². The Morgan fingerprint density at radius 1 is 0.686 bits per heavy atom. The molecule has 1 spiro atoms. The van der Waals surface area contributed by atoms with Gasteiger partial charge in [0.05, 0.1) is 25.6 Å². The minimum Gasteiger partial charge on any atom is -0.377 e. The van der Waals surface area contributed by atoms with E-state index in [1.54, 1.807) is 11.8 Å². The molecule has 105 heavy (non-hydrogen) atoms. The maximum atomic E-state index is 15.8. The predicted octanol–water partition coefficient (Wildman–Crippen LogP) is 6.40. The molecule has 27 heteroatoms. The van der Waals surface area contributed by atoms with Crippen LogP contribution in [0.2, 0.25) is 0 Å². The van der Waals surface area contributed by atoms with Gasteiger partial charge in [0.15, 0.2) is 0 Å². The standard InChI is InChI=1S/C78H127FN12O13S/c1-17-25-56-68(95)81-65(48(5)18-2)74(101)85(12)44-64(94)87(14)57-28-21-20-24-37-90(73(57)100)60(39-51-31-29-47(4)30-32-51)72(99)84(11)43-62(92)80-55(35-33-50-34-36-61-54(38-50)49(6)67(79)105-61)70(97)91-42-53(104-19-3)40-58(91)69(96)82-78(45-77(7,8)46-78)76(103)89(16)66(52-26-22-23-27-52)75(102)88(15)59(71(98)83(9)10)41-63(93)86(56)13/h20-21,47-61,65-67H,17-19,22-46H2,1-16H3,(H,80,92)(H,81,95)(H,82,96)/b21-20-/t47?,48-,49?,50?,51?,53+,54?,55-,56-,57-,58-,59-,60-,61?,65-,66-,67?/m0/s1.